The van der Waals surface area contributed by atoms with Crippen LogP contribution in [-0.2, 0) is 0 Å². The first-order valence-electron chi connectivity index (χ1n) is 6.41. The quantitative estimate of drug-likeness (QED) is 0.848. The summed E-state index contributed by atoms with van der Waals surface area (Å²) in [5, 5.41) is 10.9. The lowest BCUT2D eigenvalue weighted by atomic mass is 10.2. The van der Waals surface area contributed by atoms with E-state index in [0.717, 1.165) is 55.4 Å². The molecule has 0 spiro atoms. The van der Waals surface area contributed by atoms with Crippen molar-refractivity contribution in [2.45, 2.75) is 13.3 Å². The van der Waals surface area contributed by atoms with Gasteiger partial charge in [0.25, 0.3) is 0 Å². The third kappa shape index (κ3) is 2.01. The average molecular weight is 246 g/mol. The highest BCUT2D eigenvalue weighted by Gasteiger charge is 2.18. The van der Waals surface area contributed by atoms with Crippen LogP contribution in [0.1, 0.15) is 12.0 Å². The predicted octanol–water partition coefficient (Wildman–Crippen LogP) is 1.78. The van der Waals surface area contributed by atoms with Gasteiger partial charge in [0, 0.05) is 25.2 Å². The Morgan fingerprint density at radius 3 is 3.11 bits per heavy atom. The smallest absolute Gasteiger partial charge is 0.154 e. The van der Waals surface area contributed by atoms with E-state index < -0.39 is 0 Å². The maximum atomic E-state index is 5.42. The van der Waals surface area contributed by atoms with Crippen LogP contribution < -0.4 is 10.2 Å². The molecule has 0 unspecified atom stereocenters. The Hall–Kier alpha value is -1.75. The van der Waals surface area contributed by atoms with E-state index in [2.05, 4.69) is 27.3 Å². The molecule has 1 aliphatic rings. The summed E-state index contributed by atoms with van der Waals surface area (Å²) in [6.07, 6.45) is 2.84. The molecule has 5 nitrogen and oxygen atoms in total. The average Bonchev–Trinajstić information content (AvgIpc) is 2.93. The van der Waals surface area contributed by atoms with Crippen LogP contribution in [0.3, 0.4) is 0 Å². The Kier molecular flexibility index (Phi) is 3.06. The second-order valence-electron chi connectivity index (χ2n) is 4.62. The number of nitrogens with zero attached hydrogens (tertiary/aromatic N) is 2. The number of aromatic amines is 1. The zero-order chi connectivity index (χ0) is 12.4. The molecule has 1 fully saturated rings. The van der Waals surface area contributed by atoms with Crippen LogP contribution in [0.4, 0.5) is 5.82 Å². The van der Waals surface area contributed by atoms with Gasteiger partial charge in [0.05, 0.1) is 6.26 Å². The first kappa shape index (κ1) is 11.3. The molecule has 2 N–H and O–H groups in total. The molecular formula is C13H18N4O. The molecule has 0 bridgehead atoms. The third-order valence-electron chi connectivity index (χ3n) is 3.39. The van der Waals surface area contributed by atoms with Crippen molar-refractivity contribution in [3.8, 4) is 11.5 Å². The van der Waals surface area contributed by atoms with Gasteiger partial charge in [0.15, 0.2) is 11.6 Å². The number of H-pyrrole nitrogens is 1. The van der Waals surface area contributed by atoms with Crippen LogP contribution in [0.25, 0.3) is 11.5 Å². The Labute approximate surface area is 106 Å². The van der Waals surface area contributed by atoms with Crippen LogP contribution >= 0.6 is 0 Å². The van der Waals surface area contributed by atoms with Gasteiger partial charge in [-0.3, -0.25) is 5.10 Å². The van der Waals surface area contributed by atoms with E-state index in [0.29, 0.717) is 0 Å². The van der Waals surface area contributed by atoms with Crippen molar-refractivity contribution in [2.24, 2.45) is 0 Å². The van der Waals surface area contributed by atoms with Crippen molar-refractivity contribution >= 4 is 5.82 Å². The zero-order valence-electron chi connectivity index (χ0n) is 10.6. The fourth-order valence-corrected chi connectivity index (χ4v) is 2.41. The molecule has 1 saturated heterocycles. The molecule has 0 aliphatic carbocycles. The normalized spacial score (nSPS) is 16.8. The molecule has 0 aromatic carbocycles. The SMILES string of the molecule is Cc1c(N2CCCNCC2)n[nH]c1-c1ccco1. The third-order valence-corrected chi connectivity index (χ3v) is 3.39. The van der Waals surface area contributed by atoms with E-state index in [-0.39, 0.29) is 0 Å². The van der Waals surface area contributed by atoms with Crippen molar-refractivity contribution < 1.29 is 4.42 Å². The largest absolute Gasteiger partial charge is 0.463 e. The van der Waals surface area contributed by atoms with Gasteiger partial charge in [-0.05, 0) is 32.0 Å². The second-order valence-corrected chi connectivity index (χ2v) is 4.62. The van der Waals surface area contributed by atoms with Crippen molar-refractivity contribution in [2.75, 3.05) is 31.1 Å². The van der Waals surface area contributed by atoms with E-state index in [1.165, 1.54) is 0 Å². The molecule has 0 atom stereocenters. The number of hydrogen-bond acceptors (Lipinski definition) is 4. The summed E-state index contributed by atoms with van der Waals surface area (Å²) in [5.41, 5.74) is 2.14. The minimum absolute atomic E-state index is 0.846. The first-order valence-corrected chi connectivity index (χ1v) is 6.41. The summed E-state index contributed by atoms with van der Waals surface area (Å²) in [6.45, 7) is 6.25. The van der Waals surface area contributed by atoms with Crippen LogP contribution in [0.2, 0.25) is 0 Å². The van der Waals surface area contributed by atoms with Gasteiger partial charge in [-0.1, -0.05) is 0 Å². The fourth-order valence-electron chi connectivity index (χ4n) is 2.41. The van der Waals surface area contributed by atoms with Crippen molar-refractivity contribution in [1.82, 2.24) is 15.5 Å². The van der Waals surface area contributed by atoms with Gasteiger partial charge in [0.2, 0.25) is 0 Å². The molecule has 2 aromatic rings. The summed E-state index contributed by atoms with van der Waals surface area (Å²) < 4.78 is 5.42. The minimum Gasteiger partial charge on any atom is -0.463 e. The van der Waals surface area contributed by atoms with E-state index >= 15 is 0 Å². The molecular weight excluding hydrogens is 228 g/mol. The lowest BCUT2D eigenvalue weighted by Gasteiger charge is -2.20. The van der Waals surface area contributed by atoms with Crippen molar-refractivity contribution in [1.29, 1.82) is 0 Å². The highest BCUT2D eigenvalue weighted by Crippen LogP contribution is 2.28. The predicted molar refractivity (Wildman–Crippen MR) is 70.7 cm³/mol. The summed E-state index contributed by atoms with van der Waals surface area (Å²) in [6, 6.07) is 3.85. The topological polar surface area (TPSA) is 57.1 Å². The monoisotopic (exact) mass is 246 g/mol. The number of anilines is 1. The molecule has 2 aromatic heterocycles. The number of hydrogen-bond donors (Lipinski definition) is 2. The number of nitrogens with one attached hydrogen (secondary N) is 2. The summed E-state index contributed by atoms with van der Waals surface area (Å²) in [7, 11) is 0. The van der Waals surface area contributed by atoms with Gasteiger partial charge in [-0.2, -0.15) is 5.10 Å². The van der Waals surface area contributed by atoms with Gasteiger partial charge in [0.1, 0.15) is 5.69 Å². The van der Waals surface area contributed by atoms with Gasteiger partial charge in [-0.15, -0.1) is 0 Å². The summed E-state index contributed by atoms with van der Waals surface area (Å²) in [4.78, 5) is 2.33. The second kappa shape index (κ2) is 4.86. The standard InChI is InChI=1S/C13H18N4O/c1-10-12(11-4-2-9-18-11)15-16-13(10)17-7-3-5-14-6-8-17/h2,4,9,14H,3,5-8H2,1H3,(H,15,16). The summed E-state index contributed by atoms with van der Waals surface area (Å²) in [5.74, 6) is 1.89. The summed E-state index contributed by atoms with van der Waals surface area (Å²) >= 11 is 0. The molecule has 3 heterocycles. The molecule has 1 aliphatic heterocycles. The van der Waals surface area contributed by atoms with Crippen molar-refractivity contribution in [3.05, 3.63) is 24.0 Å². The van der Waals surface area contributed by atoms with Crippen LogP contribution in [0.15, 0.2) is 22.8 Å². The van der Waals surface area contributed by atoms with Crippen LogP contribution in [0, 0.1) is 6.92 Å². The lowest BCUT2D eigenvalue weighted by Crippen LogP contribution is -2.28. The van der Waals surface area contributed by atoms with E-state index in [1.807, 2.05) is 12.1 Å². The van der Waals surface area contributed by atoms with Gasteiger partial charge < -0.3 is 14.6 Å². The van der Waals surface area contributed by atoms with E-state index in [4.69, 9.17) is 4.42 Å². The Bertz CT molecular complexity index is 495. The maximum absolute atomic E-state index is 5.42. The lowest BCUT2D eigenvalue weighted by molar-refractivity contribution is 0.579. The number of rotatable bonds is 2. The Balaban J connectivity index is 1.89. The van der Waals surface area contributed by atoms with Crippen LogP contribution in [-0.4, -0.2) is 36.4 Å². The minimum atomic E-state index is 0.846. The van der Waals surface area contributed by atoms with Gasteiger partial charge >= 0.3 is 0 Å². The highest BCUT2D eigenvalue weighted by molar-refractivity contribution is 5.65. The van der Waals surface area contributed by atoms with Gasteiger partial charge in [-0.25, -0.2) is 0 Å². The van der Waals surface area contributed by atoms with Crippen molar-refractivity contribution in [3.63, 3.8) is 0 Å². The molecule has 3 rings (SSSR count). The molecule has 0 saturated carbocycles. The maximum Gasteiger partial charge on any atom is 0.154 e. The molecule has 96 valence electrons. The molecule has 0 amide bonds. The fraction of sp³-hybridized carbons (Fsp3) is 0.462. The first-order chi connectivity index (χ1) is 8.86. The van der Waals surface area contributed by atoms with E-state index in [1.54, 1.807) is 6.26 Å². The highest BCUT2D eigenvalue weighted by atomic mass is 16.3. The Morgan fingerprint density at radius 1 is 1.33 bits per heavy atom. The molecule has 18 heavy (non-hydrogen) atoms. The number of aromatic nitrogens is 2. The zero-order valence-corrected chi connectivity index (χ0v) is 10.6. The van der Waals surface area contributed by atoms with Crippen LogP contribution in [0.5, 0.6) is 0 Å². The van der Waals surface area contributed by atoms with E-state index in [9.17, 15) is 0 Å². The molecule has 5 heteroatoms. The molecule has 0 radical (unpaired) electrons. The number of furan rings is 1. The Morgan fingerprint density at radius 2 is 2.28 bits per heavy atom.